The van der Waals surface area contributed by atoms with Crippen LogP contribution in [0.4, 0.5) is 11.5 Å². The second-order valence-electron chi connectivity index (χ2n) is 9.90. The summed E-state index contributed by atoms with van der Waals surface area (Å²) in [5.74, 6) is 2.65. The fourth-order valence-corrected chi connectivity index (χ4v) is 5.41. The molecule has 5 heteroatoms. The zero-order chi connectivity index (χ0) is 24.2. The van der Waals surface area contributed by atoms with E-state index in [2.05, 4.69) is 96.4 Å². The lowest BCUT2D eigenvalue weighted by atomic mass is 9.86. The Labute approximate surface area is 208 Å². The molecule has 1 aliphatic carbocycles. The average molecular weight is 469 g/mol. The highest BCUT2D eigenvalue weighted by molar-refractivity contribution is 5.93. The Hall–Kier alpha value is -3.31. The van der Waals surface area contributed by atoms with Crippen molar-refractivity contribution in [3.05, 3.63) is 72.3 Å². The van der Waals surface area contributed by atoms with Gasteiger partial charge in [0.25, 0.3) is 0 Å². The van der Waals surface area contributed by atoms with Gasteiger partial charge in [0.15, 0.2) is 0 Å². The number of ether oxygens (including phenoxy) is 1. The van der Waals surface area contributed by atoms with E-state index in [1.165, 1.54) is 53.1 Å². The van der Waals surface area contributed by atoms with E-state index in [1.807, 2.05) is 0 Å². The Morgan fingerprint density at radius 3 is 2.43 bits per heavy atom. The fraction of sp³-hybridized carbons (Fsp3) is 0.367. The molecule has 35 heavy (non-hydrogen) atoms. The fourth-order valence-electron chi connectivity index (χ4n) is 5.41. The normalized spacial score (nSPS) is 18.0. The Balaban J connectivity index is 1.17. The van der Waals surface area contributed by atoms with Crippen LogP contribution in [0.2, 0.25) is 0 Å². The van der Waals surface area contributed by atoms with Gasteiger partial charge in [0, 0.05) is 49.4 Å². The number of hydrogen-bond donors (Lipinski definition) is 2. The zero-order valence-electron chi connectivity index (χ0n) is 21.1. The molecule has 0 bridgehead atoms. The van der Waals surface area contributed by atoms with Crippen LogP contribution in [0.3, 0.4) is 0 Å². The number of rotatable bonds is 8. The van der Waals surface area contributed by atoms with Crippen molar-refractivity contribution in [3.8, 4) is 5.75 Å². The van der Waals surface area contributed by atoms with Crippen molar-refractivity contribution >= 4 is 33.2 Å². The summed E-state index contributed by atoms with van der Waals surface area (Å²) in [6.45, 7) is 1.87. The quantitative estimate of drug-likeness (QED) is 0.321. The maximum absolute atomic E-state index is 5.66. The van der Waals surface area contributed by atoms with Crippen molar-refractivity contribution < 1.29 is 4.74 Å². The van der Waals surface area contributed by atoms with Gasteiger partial charge in [-0.15, -0.1) is 0 Å². The lowest BCUT2D eigenvalue weighted by Crippen LogP contribution is -2.31. The number of hydrogen-bond acceptors (Lipinski definition) is 5. The molecule has 0 atom stereocenters. The number of methoxy groups -OCH3 is 1. The van der Waals surface area contributed by atoms with Crippen LogP contribution in [-0.4, -0.2) is 38.8 Å². The average Bonchev–Trinajstić information content (AvgIpc) is 2.89. The van der Waals surface area contributed by atoms with Gasteiger partial charge in [-0.3, -0.25) is 0 Å². The summed E-state index contributed by atoms with van der Waals surface area (Å²) >= 11 is 0. The molecular weight excluding hydrogens is 432 g/mol. The number of fused-ring (bicyclic) bond motifs is 2. The molecule has 1 aromatic heterocycles. The van der Waals surface area contributed by atoms with Gasteiger partial charge < -0.3 is 20.3 Å². The van der Waals surface area contributed by atoms with E-state index in [0.717, 1.165) is 30.2 Å². The molecule has 0 amide bonds. The predicted molar refractivity (Wildman–Crippen MR) is 148 cm³/mol. The Morgan fingerprint density at radius 1 is 0.914 bits per heavy atom. The molecule has 0 unspecified atom stereocenters. The minimum Gasteiger partial charge on any atom is -0.496 e. The van der Waals surface area contributed by atoms with Crippen molar-refractivity contribution in [2.75, 3.05) is 38.0 Å². The first-order chi connectivity index (χ1) is 17.1. The number of aromatic nitrogens is 1. The van der Waals surface area contributed by atoms with E-state index < -0.39 is 0 Å². The monoisotopic (exact) mass is 468 g/mol. The maximum atomic E-state index is 5.66. The largest absolute Gasteiger partial charge is 0.496 e. The third-order valence-corrected chi connectivity index (χ3v) is 7.33. The standard InChI is InChI=1S/C30H36N4O/c1-34(2)28-18-30(33-27-11-7-6-10-25(27)28)32-23-15-12-21(13-16-23)19-31-20-26-24-9-5-4-8-22(24)14-17-29(26)35-3/h4-11,14,17-18,21,23,31H,12-13,15-16,19-20H2,1-3H3,(H,32,33). The maximum Gasteiger partial charge on any atom is 0.128 e. The van der Waals surface area contributed by atoms with Gasteiger partial charge in [-0.25, -0.2) is 4.98 Å². The van der Waals surface area contributed by atoms with Gasteiger partial charge in [-0.1, -0.05) is 48.5 Å². The first kappa shape index (κ1) is 23.4. The highest BCUT2D eigenvalue weighted by Crippen LogP contribution is 2.31. The molecular formula is C30H36N4O. The van der Waals surface area contributed by atoms with E-state index in [9.17, 15) is 0 Å². The molecule has 0 spiro atoms. The van der Waals surface area contributed by atoms with Crippen LogP contribution >= 0.6 is 0 Å². The van der Waals surface area contributed by atoms with Crippen molar-refractivity contribution in [3.63, 3.8) is 0 Å². The lowest BCUT2D eigenvalue weighted by molar-refractivity contribution is 0.323. The minimum absolute atomic E-state index is 0.480. The van der Waals surface area contributed by atoms with E-state index in [1.54, 1.807) is 7.11 Å². The highest BCUT2D eigenvalue weighted by Gasteiger charge is 2.22. The van der Waals surface area contributed by atoms with Crippen LogP contribution in [0.5, 0.6) is 5.75 Å². The SMILES string of the molecule is COc1ccc2ccccc2c1CNCC1CCC(Nc2cc(N(C)C)c3ccccc3n2)CC1. The van der Waals surface area contributed by atoms with Gasteiger partial charge in [0.2, 0.25) is 0 Å². The lowest BCUT2D eigenvalue weighted by Gasteiger charge is -2.30. The van der Waals surface area contributed by atoms with Crippen LogP contribution < -0.4 is 20.3 Å². The van der Waals surface area contributed by atoms with Crippen LogP contribution in [-0.2, 0) is 6.54 Å². The summed E-state index contributed by atoms with van der Waals surface area (Å²) in [6, 6.07) is 23.8. The third-order valence-electron chi connectivity index (χ3n) is 7.33. The number of pyridine rings is 1. The van der Waals surface area contributed by atoms with E-state index in [4.69, 9.17) is 9.72 Å². The Bertz CT molecular complexity index is 1290. The van der Waals surface area contributed by atoms with Crippen molar-refractivity contribution in [2.24, 2.45) is 5.92 Å². The molecule has 1 aliphatic rings. The molecule has 0 radical (unpaired) electrons. The molecule has 0 saturated heterocycles. The second kappa shape index (κ2) is 10.5. The van der Waals surface area contributed by atoms with Gasteiger partial charge in [-0.05, 0) is 61.1 Å². The molecule has 5 rings (SSSR count). The topological polar surface area (TPSA) is 49.4 Å². The molecule has 182 valence electrons. The Morgan fingerprint density at radius 2 is 1.66 bits per heavy atom. The molecule has 5 nitrogen and oxygen atoms in total. The van der Waals surface area contributed by atoms with E-state index in [-0.39, 0.29) is 0 Å². The number of para-hydroxylation sites is 1. The molecule has 0 aliphatic heterocycles. The molecule has 4 aromatic rings. The number of anilines is 2. The van der Waals surface area contributed by atoms with Crippen LogP contribution in [0.1, 0.15) is 31.2 Å². The van der Waals surface area contributed by atoms with Crippen molar-refractivity contribution in [1.29, 1.82) is 0 Å². The molecule has 1 heterocycles. The van der Waals surface area contributed by atoms with E-state index >= 15 is 0 Å². The number of nitrogens with one attached hydrogen (secondary N) is 2. The van der Waals surface area contributed by atoms with E-state index in [0.29, 0.717) is 12.0 Å². The first-order valence-corrected chi connectivity index (χ1v) is 12.7. The number of benzene rings is 3. The highest BCUT2D eigenvalue weighted by atomic mass is 16.5. The summed E-state index contributed by atoms with van der Waals surface area (Å²) < 4.78 is 5.66. The minimum atomic E-state index is 0.480. The zero-order valence-corrected chi connectivity index (χ0v) is 21.1. The number of nitrogens with zero attached hydrogens (tertiary/aromatic N) is 2. The van der Waals surface area contributed by atoms with Crippen LogP contribution in [0.25, 0.3) is 21.7 Å². The third kappa shape index (κ3) is 5.20. The van der Waals surface area contributed by atoms with Gasteiger partial charge in [0.1, 0.15) is 11.6 Å². The first-order valence-electron chi connectivity index (χ1n) is 12.7. The van der Waals surface area contributed by atoms with Crippen LogP contribution in [0, 0.1) is 5.92 Å². The summed E-state index contributed by atoms with van der Waals surface area (Å²) in [6.07, 6.45) is 4.81. The smallest absolute Gasteiger partial charge is 0.128 e. The van der Waals surface area contributed by atoms with Crippen molar-refractivity contribution in [2.45, 2.75) is 38.3 Å². The molecule has 1 fully saturated rings. The predicted octanol–water partition coefficient (Wildman–Crippen LogP) is 6.22. The van der Waals surface area contributed by atoms with Gasteiger partial charge >= 0.3 is 0 Å². The molecule has 2 N–H and O–H groups in total. The summed E-state index contributed by atoms with van der Waals surface area (Å²) in [4.78, 5) is 7.06. The molecule has 1 saturated carbocycles. The molecule has 3 aromatic carbocycles. The van der Waals surface area contributed by atoms with Gasteiger partial charge in [0.05, 0.1) is 12.6 Å². The van der Waals surface area contributed by atoms with Crippen molar-refractivity contribution in [1.82, 2.24) is 10.3 Å². The summed E-state index contributed by atoms with van der Waals surface area (Å²) in [5.41, 5.74) is 3.50. The second-order valence-corrected chi connectivity index (χ2v) is 9.90. The summed E-state index contributed by atoms with van der Waals surface area (Å²) in [7, 11) is 5.95. The van der Waals surface area contributed by atoms with Gasteiger partial charge in [-0.2, -0.15) is 0 Å². The van der Waals surface area contributed by atoms with Crippen LogP contribution in [0.15, 0.2) is 66.7 Å². The summed E-state index contributed by atoms with van der Waals surface area (Å²) in [5, 5.41) is 11.2. The Kier molecular flexibility index (Phi) is 7.05.